The van der Waals surface area contributed by atoms with Crippen LogP contribution in [0.4, 0.5) is 10.2 Å². The third-order valence-corrected chi connectivity index (χ3v) is 3.20. The van der Waals surface area contributed by atoms with Crippen molar-refractivity contribution in [3.8, 4) is 11.3 Å². The molecule has 0 unspecified atom stereocenters. The van der Waals surface area contributed by atoms with Crippen LogP contribution in [0.2, 0.25) is 0 Å². The molecule has 0 bridgehead atoms. The zero-order valence-corrected chi connectivity index (χ0v) is 12.7. The van der Waals surface area contributed by atoms with E-state index in [9.17, 15) is 9.18 Å². The minimum Gasteiger partial charge on any atom is -0.351 e. The van der Waals surface area contributed by atoms with Crippen molar-refractivity contribution in [2.75, 3.05) is 18.5 Å². The average molecular weight is 338 g/mol. The Morgan fingerprint density at radius 2 is 2.05 bits per heavy atom. The summed E-state index contributed by atoms with van der Waals surface area (Å²) in [7, 11) is 1.75. The van der Waals surface area contributed by atoms with Crippen LogP contribution in [0.25, 0.3) is 11.3 Å². The summed E-state index contributed by atoms with van der Waals surface area (Å²) < 4.78 is 14.5. The van der Waals surface area contributed by atoms with Gasteiger partial charge in [-0.15, -0.1) is 10.2 Å². The zero-order chi connectivity index (χ0) is 14.7. The molecule has 0 atom stereocenters. The van der Waals surface area contributed by atoms with E-state index in [0.717, 1.165) is 4.47 Å². The highest BCUT2D eigenvalue weighted by atomic mass is 79.9. The van der Waals surface area contributed by atoms with E-state index >= 15 is 0 Å². The number of rotatable bonds is 4. The average Bonchev–Trinajstić information content (AvgIpc) is 2.41. The first kappa shape index (κ1) is 14.6. The smallest absolute Gasteiger partial charge is 0.151 e. The van der Waals surface area contributed by atoms with E-state index in [0.29, 0.717) is 17.1 Å². The molecule has 0 amide bonds. The molecule has 0 spiro atoms. The lowest BCUT2D eigenvalue weighted by Gasteiger charge is -2.15. The van der Waals surface area contributed by atoms with Crippen LogP contribution in [0.3, 0.4) is 0 Å². The number of aromatic nitrogens is 2. The van der Waals surface area contributed by atoms with Gasteiger partial charge in [-0.05, 0) is 37.3 Å². The summed E-state index contributed by atoms with van der Waals surface area (Å²) in [6.07, 6.45) is 0. The third kappa shape index (κ3) is 3.39. The SMILES string of the molecule is CC(=O)CN(C)c1ccc(-c2cc(Br)ccc2F)nn1. The monoisotopic (exact) mass is 337 g/mol. The Morgan fingerprint density at radius 3 is 2.65 bits per heavy atom. The Bertz CT molecular complexity index is 631. The zero-order valence-electron chi connectivity index (χ0n) is 11.1. The van der Waals surface area contributed by atoms with E-state index in [-0.39, 0.29) is 18.1 Å². The molecule has 0 radical (unpaired) electrons. The number of likely N-dealkylation sites (N-methyl/N-ethyl adjacent to an activating group) is 1. The van der Waals surface area contributed by atoms with Gasteiger partial charge in [-0.2, -0.15) is 0 Å². The van der Waals surface area contributed by atoms with E-state index in [1.807, 2.05) is 0 Å². The molecule has 0 aliphatic rings. The topological polar surface area (TPSA) is 46.1 Å². The predicted molar refractivity (Wildman–Crippen MR) is 79.1 cm³/mol. The van der Waals surface area contributed by atoms with E-state index in [1.165, 1.54) is 13.0 Å². The van der Waals surface area contributed by atoms with Gasteiger partial charge in [0, 0.05) is 17.1 Å². The van der Waals surface area contributed by atoms with Crippen LogP contribution in [-0.4, -0.2) is 29.6 Å². The summed E-state index contributed by atoms with van der Waals surface area (Å²) in [5.41, 5.74) is 0.830. The van der Waals surface area contributed by atoms with Gasteiger partial charge in [-0.1, -0.05) is 15.9 Å². The maximum absolute atomic E-state index is 13.7. The fraction of sp³-hybridized carbons (Fsp3) is 0.214. The van der Waals surface area contributed by atoms with Crippen LogP contribution in [-0.2, 0) is 4.79 Å². The van der Waals surface area contributed by atoms with Crippen molar-refractivity contribution in [2.24, 2.45) is 0 Å². The molecular weight excluding hydrogens is 325 g/mol. The molecule has 1 aromatic carbocycles. The van der Waals surface area contributed by atoms with Gasteiger partial charge in [0.2, 0.25) is 0 Å². The lowest BCUT2D eigenvalue weighted by Crippen LogP contribution is -2.24. The summed E-state index contributed by atoms with van der Waals surface area (Å²) in [6.45, 7) is 1.77. The van der Waals surface area contributed by atoms with Crippen LogP contribution in [0.5, 0.6) is 0 Å². The van der Waals surface area contributed by atoms with Crippen LogP contribution in [0.1, 0.15) is 6.92 Å². The van der Waals surface area contributed by atoms with Crippen molar-refractivity contribution in [2.45, 2.75) is 6.92 Å². The van der Waals surface area contributed by atoms with Crippen molar-refractivity contribution in [3.05, 3.63) is 40.6 Å². The lowest BCUT2D eigenvalue weighted by molar-refractivity contribution is -0.115. The Morgan fingerprint density at radius 1 is 1.30 bits per heavy atom. The maximum atomic E-state index is 13.7. The van der Waals surface area contributed by atoms with Crippen molar-refractivity contribution >= 4 is 27.5 Å². The van der Waals surface area contributed by atoms with Crippen LogP contribution in [0, 0.1) is 5.82 Å². The van der Waals surface area contributed by atoms with Gasteiger partial charge in [-0.3, -0.25) is 4.79 Å². The van der Waals surface area contributed by atoms with Crippen LogP contribution >= 0.6 is 15.9 Å². The minimum atomic E-state index is -0.354. The molecule has 2 rings (SSSR count). The molecule has 6 heteroatoms. The number of hydrogen-bond acceptors (Lipinski definition) is 4. The quantitative estimate of drug-likeness (QED) is 0.860. The molecular formula is C14H13BrFN3O. The van der Waals surface area contributed by atoms with Gasteiger partial charge in [-0.25, -0.2) is 4.39 Å². The van der Waals surface area contributed by atoms with E-state index < -0.39 is 0 Å². The highest BCUT2D eigenvalue weighted by Gasteiger charge is 2.10. The van der Waals surface area contributed by atoms with Gasteiger partial charge in [0.15, 0.2) is 5.82 Å². The molecule has 2 aromatic rings. The molecule has 0 aliphatic carbocycles. The Kier molecular flexibility index (Phi) is 4.44. The largest absolute Gasteiger partial charge is 0.351 e. The molecule has 0 saturated carbocycles. The summed E-state index contributed by atoms with van der Waals surface area (Å²) in [5, 5.41) is 8.04. The summed E-state index contributed by atoms with van der Waals surface area (Å²) in [4.78, 5) is 12.7. The molecule has 1 heterocycles. The number of halogens is 2. The molecule has 0 fully saturated rings. The molecule has 0 aliphatic heterocycles. The van der Waals surface area contributed by atoms with Gasteiger partial charge in [0.1, 0.15) is 11.6 Å². The number of carbonyl (C=O) groups excluding carboxylic acids is 1. The number of carbonyl (C=O) groups is 1. The van der Waals surface area contributed by atoms with Crippen molar-refractivity contribution in [3.63, 3.8) is 0 Å². The first-order valence-electron chi connectivity index (χ1n) is 5.97. The predicted octanol–water partition coefficient (Wildman–Crippen LogP) is 3.07. The second-order valence-electron chi connectivity index (χ2n) is 4.46. The number of benzene rings is 1. The fourth-order valence-electron chi connectivity index (χ4n) is 1.78. The van der Waals surface area contributed by atoms with Crippen molar-refractivity contribution in [1.29, 1.82) is 0 Å². The van der Waals surface area contributed by atoms with Crippen LogP contribution in [0.15, 0.2) is 34.8 Å². The molecule has 20 heavy (non-hydrogen) atoms. The summed E-state index contributed by atoms with van der Waals surface area (Å²) in [6, 6.07) is 8.05. The second kappa shape index (κ2) is 6.09. The summed E-state index contributed by atoms with van der Waals surface area (Å²) in [5.74, 6) is 0.253. The first-order valence-corrected chi connectivity index (χ1v) is 6.76. The van der Waals surface area contributed by atoms with Gasteiger partial charge in [0.25, 0.3) is 0 Å². The number of Topliss-reactive ketones (excluding diaryl/α,β-unsaturated/α-hetero) is 1. The molecule has 104 valence electrons. The molecule has 1 aromatic heterocycles. The van der Waals surface area contributed by atoms with Gasteiger partial charge in [0.05, 0.1) is 12.2 Å². The van der Waals surface area contributed by atoms with Crippen molar-refractivity contribution < 1.29 is 9.18 Å². The minimum absolute atomic E-state index is 0.0383. The Balaban J connectivity index is 2.28. The van der Waals surface area contributed by atoms with Crippen molar-refractivity contribution in [1.82, 2.24) is 10.2 Å². The Labute approximate surface area is 124 Å². The van der Waals surface area contributed by atoms with E-state index in [4.69, 9.17) is 0 Å². The highest BCUT2D eigenvalue weighted by molar-refractivity contribution is 9.10. The third-order valence-electron chi connectivity index (χ3n) is 2.71. The number of ketones is 1. The molecule has 0 saturated heterocycles. The van der Waals surface area contributed by atoms with Crippen LogP contribution < -0.4 is 4.90 Å². The fourth-order valence-corrected chi connectivity index (χ4v) is 2.14. The van der Waals surface area contributed by atoms with E-state index in [2.05, 4.69) is 26.1 Å². The van der Waals surface area contributed by atoms with Gasteiger partial charge < -0.3 is 4.90 Å². The number of nitrogens with zero attached hydrogens (tertiary/aromatic N) is 3. The maximum Gasteiger partial charge on any atom is 0.151 e. The number of anilines is 1. The number of hydrogen-bond donors (Lipinski definition) is 0. The Hall–Kier alpha value is -1.82. The summed E-state index contributed by atoms with van der Waals surface area (Å²) >= 11 is 3.30. The standard InChI is InChI=1S/C14H13BrFN3O/c1-9(20)8-19(2)14-6-5-13(17-18-14)11-7-10(15)3-4-12(11)16/h3-7H,8H2,1-2H3. The lowest BCUT2D eigenvalue weighted by atomic mass is 10.1. The molecule has 0 N–H and O–H groups in total. The molecule has 4 nitrogen and oxygen atoms in total. The normalized spacial score (nSPS) is 10.4. The second-order valence-corrected chi connectivity index (χ2v) is 5.37. The van der Waals surface area contributed by atoms with E-state index in [1.54, 1.807) is 36.2 Å². The van der Waals surface area contributed by atoms with Gasteiger partial charge >= 0.3 is 0 Å². The first-order chi connectivity index (χ1) is 9.47. The highest BCUT2D eigenvalue weighted by Crippen LogP contribution is 2.25.